The third kappa shape index (κ3) is 7.97. The number of halogens is 1. The largest absolute Gasteiger partial charge is 0.482 e. The van der Waals surface area contributed by atoms with Crippen molar-refractivity contribution in [2.75, 3.05) is 11.9 Å². The van der Waals surface area contributed by atoms with Crippen molar-refractivity contribution >= 4 is 41.2 Å². The fourth-order valence-corrected chi connectivity index (χ4v) is 3.32. The zero-order chi connectivity index (χ0) is 25.2. The SMILES string of the molecule is Cc1ccc(NC(=O)COc2ccc(/C=N\NC(=O)C(=O)NCc3ccccc3)cc2Cl)c(C)c1. The number of ether oxygens (including phenoxy) is 1. The second-order valence-corrected chi connectivity index (χ2v) is 8.12. The molecule has 0 unspecified atom stereocenters. The van der Waals surface area contributed by atoms with E-state index >= 15 is 0 Å². The number of aryl methyl sites for hydroxylation is 2. The fourth-order valence-electron chi connectivity index (χ4n) is 3.07. The molecule has 0 heterocycles. The van der Waals surface area contributed by atoms with Crippen LogP contribution >= 0.6 is 11.6 Å². The van der Waals surface area contributed by atoms with Crippen LogP contribution in [0, 0.1) is 13.8 Å². The van der Waals surface area contributed by atoms with Gasteiger partial charge in [0, 0.05) is 12.2 Å². The standard InChI is InChI=1S/C26H25ClN4O4/c1-17-8-10-22(18(2)12-17)30-24(32)16-35-23-11-9-20(13-21(23)27)15-29-31-26(34)25(33)28-14-19-6-4-3-5-7-19/h3-13,15H,14,16H2,1-2H3,(H,28,33)(H,30,32)(H,31,34)/b29-15-. The number of hydrogen-bond acceptors (Lipinski definition) is 5. The molecule has 0 bridgehead atoms. The van der Waals surface area contributed by atoms with Gasteiger partial charge >= 0.3 is 11.8 Å². The number of rotatable bonds is 8. The van der Waals surface area contributed by atoms with Crippen LogP contribution in [0.1, 0.15) is 22.3 Å². The van der Waals surface area contributed by atoms with Crippen molar-refractivity contribution < 1.29 is 19.1 Å². The first-order chi connectivity index (χ1) is 16.8. The summed E-state index contributed by atoms with van der Waals surface area (Å²) in [6.07, 6.45) is 1.34. The molecule has 3 amide bonds. The van der Waals surface area contributed by atoms with Crippen molar-refractivity contribution in [2.45, 2.75) is 20.4 Å². The lowest BCUT2D eigenvalue weighted by atomic mass is 10.1. The molecule has 0 spiro atoms. The van der Waals surface area contributed by atoms with Gasteiger partial charge in [-0.3, -0.25) is 14.4 Å². The molecule has 0 aliphatic carbocycles. The van der Waals surface area contributed by atoms with E-state index in [1.54, 1.807) is 18.2 Å². The Balaban J connectivity index is 1.46. The lowest BCUT2D eigenvalue weighted by Crippen LogP contribution is -2.37. The van der Waals surface area contributed by atoms with E-state index in [0.717, 1.165) is 22.4 Å². The summed E-state index contributed by atoms with van der Waals surface area (Å²) in [7, 11) is 0. The molecule has 0 saturated heterocycles. The summed E-state index contributed by atoms with van der Waals surface area (Å²) in [5, 5.41) is 9.35. The van der Waals surface area contributed by atoms with Crippen LogP contribution in [0.15, 0.2) is 71.8 Å². The van der Waals surface area contributed by atoms with Gasteiger partial charge in [-0.25, -0.2) is 5.43 Å². The molecule has 0 aromatic heterocycles. The number of amides is 3. The minimum atomic E-state index is -0.891. The van der Waals surface area contributed by atoms with Crippen LogP contribution in [0.3, 0.4) is 0 Å². The molecular weight excluding hydrogens is 468 g/mol. The van der Waals surface area contributed by atoms with E-state index in [0.29, 0.717) is 11.3 Å². The highest BCUT2D eigenvalue weighted by atomic mass is 35.5. The van der Waals surface area contributed by atoms with Gasteiger partial charge in [-0.1, -0.05) is 59.6 Å². The third-order valence-electron chi connectivity index (χ3n) is 4.85. The van der Waals surface area contributed by atoms with E-state index in [-0.39, 0.29) is 24.1 Å². The minimum Gasteiger partial charge on any atom is -0.482 e. The number of benzene rings is 3. The Bertz CT molecular complexity index is 1250. The highest BCUT2D eigenvalue weighted by Gasteiger charge is 2.12. The topological polar surface area (TPSA) is 109 Å². The molecule has 0 fully saturated rings. The summed E-state index contributed by atoms with van der Waals surface area (Å²) in [6, 6.07) is 19.8. The van der Waals surface area contributed by atoms with E-state index in [9.17, 15) is 14.4 Å². The molecule has 180 valence electrons. The van der Waals surface area contributed by atoms with Gasteiger partial charge < -0.3 is 15.4 Å². The normalized spacial score (nSPS) is 10.6. The fraction of sp³-hybridized carbons (Fsp3) is 0.154. The average molecular weight is 493 g/mol. The van der Waals surface area contributed by atoms with Crippen molar-refractivity contribution in [2.24, 2.45) is 5.10 Å². The smallest absolute Gasteiger partial charge is 0.329 e. The maximum absolute atomic E-state index is 12.2. The molecule has 3 N–H and O–H groups in total. The predicted molar refractivity (Wildman–Crippen MR) is 136 cm³/mol. The molecule has 9 heteroatoms. The summed E-state index contributed by atoms with van der Waals surface area (Å²) in [6.45, 7) is 3.92. The van der Waals surface area contributed by atoms with Crippen LogP contribution in [-0.2, 0) is 20.9 Å². The first-order valence-corrected chi connectivity index (χ1v) is 11.1. The van der Waals surface area contributed by atoms with Crippen LogP contribution in [0.25, 0.3) is 0 Å². The van der Waals surface area contributed by atoms with Crippen LogP contribution < -0.4 is 20.8 Å². The van der Waals surface area contributed by atoms with Gasteiger partial charge in [-0.15, -0.1) is 0 Å². The van der Waals surface area contributed by atoms with Gasteiger partial charge in [0.15, 0.2) is 6.61 Å². The number of nitrogens with zero attached hydrogens (tertiary/aromatic N) is 1. The van der Waals surface area contributed by atoms with E-state index < -0.39 is 11.8 Å². The Labute approximate surface area is 208 Å². The average Bonchev–Trinajstić information content (AvgIpc) is 2.84. The molecule has 0 aliphatic rings. The van der Waals surface area contributed by atoms with Gasteiger partial charge in [-0.05, 0) is 54.8 Å². The van der Waals surface area contributed by atoms with E-state index in [1.165, 1.54) is 6.21 Å². The molecule has 35 heavy (non-hydrogen) atoms. The van der Waals surface area contributed by atoms with Crippen molar-refractivity contribution in [1.29, 1.82) is 0 Å². The first kappa shape index (κ1) is 25.5. The number of carbonyl (C=O) groups is 3. The second kappa shape index (κ2) is 12.3. The third-order valence-corrected chi connectivity index (χ3v) is 5.15. The van der Waals surface area contributed by atoms with Gasteiger partial charge in [0.1, 0.15) is 5.75 Å². The summed E-state index contributed by atoms with van der Waals surface area (Å²) >= 11 is 6.24. The monoisotopic (exact) mass is 492 g/mol. The predicted octanol–water partition coefficient (Wildman–Crippen LogP) is 3.74. The maximum Gasteiger partial charge on any atom is 0.329 e. The van der Waals surface area contributed by atoms with Crippen LogP contribution in [0.2, 0.25) is 5.02 Å². The van der Waals surface area contributed by atoms with Gasteiger partial charge in [0.2, 0.25) is 0 Å². The zero-order valence-electron chi connectivity index (χ0n) is 19.3. The first-order valence-electron chi connectivity index (χ1n) is 10.8. The lowest BCUT2D eigenvalue weighted by molar-refractivity contribution is -0.139. The molecule has 0 aliphatic heterocycles. The maximum atomic E-state index is 12.2. The molecule has 3 aromatic carbocycles. The van der Waals surface area contributed by atoms with Crippen LogP contribution in [0.5, 0.6) is 5.75 Å². The Morgan fingerprint density at radius 3 is 2.46 bits per heavy atom. The van der Waals surface area contributed by atoms with Crippen LogP contribution in [0.4, 0.5) is 5.69 Å². The zero-order valence-corrected chi connectivity index (χ0v) is 20.1. The Morgan fingerprint density at radius 2 is 1.74 bits per heavy atom. The summed E-state index contributed by atoms with van der Waals surface area (Å²) < 4.78 is 5.52. The van der Waals surface area contributed by atoms with Crippen molar-refractivity contribution in [3.63, 3.8) is 0 Å². The highest BCUT2D eigenvalue weighted by molar-refractivity contribution is 6.35. The van der Waals surface area contributed by atoms with Gasteiger partial charge in [0.05, 0.1) is 11.2 Å². The molecule has 8 nitrogen and oxygen atoms in total. The van der Waals surface area contributed by atoms with Crippen molar-refractivity contribution in [3.8, 4) is 5.75 Å². The number of hydrazone groups is 1. The Morgan fingerprint density at radius 1 is 0.971 bits per heavy atom. The molecule has 3 aromatic rings. The van der Waals surface area contributed by atoms with Crippen LogP contribution in [-0.4, -0.2) is 30.5 Å². The summed E-state index contributed by atoms with van der Waals surface area (Å²) in [5.41, 5.74) is 6.39. The number of carbonyl (C=O) groups excluding carboxylic acids is 3. The molecule has 0 radical (unpaired) electrons. The van der Waals surface area contributed by atoms with E-state index in [4.69, 9.17) is 16.3 Å². The van der Waals surface area contributed by atoms with E-state index in [2.05, 4.69) is 21.2 Å². The van der Waals surface area contributed by atoms with Gasteiger partial charge in [-0.2, -0.15) is 5.10 Å². The lowest BCUT2D eigenvalue weighted by Gasteiger charge is -2.11. The summed E-state index contributed by atoms with van der Waals surface area (Å²) in [4.78, 5) is 36.0. The highest BCUT2D eigenvalue weighted by Crippen LogP contribution is 2.25. The Hall–Kier alpha value is -4.17. The summed E-state index contributed by atoms with van der Waals surface area (Å²) in [5.74, 6) is -1.68. The second-order valence-electron chi connectivity index (χ2n) is 7.71. The van der Waals surface area contributed by atoms with Crippen molar-refractivity contribution in [3.05, 3.63) is 94.0 Å². The van der Waals surface area contributed by atoms with Gasteiger partial charge in [0.25, 0.3) is 5.91 Å². The molecular formula is C26H25ClN4O4. The minimum absolute atomic E-state index is 0.214. The number of hydrogen-bond donors (Lipinski definition) is 3. The molecule has 0 atom stereocenters. The Kier molecular flexibility index (Phi) is 8.97. The van der Waals surface area contributed by atoms with E-state index in [1.807, 2.05) is 62.4 Å². The van der Waals surface area contributed by atoms with Crippen molar-refractivity contribution in [1.82, 2.24) is 10.7 Å². The quantitative estimate of drug-likeness (QED) is 0.253. The number of anilines is 1. The number of nitrogens with one attached hydrogen (secondary N) is 3. The molecule has 3 rings (SSSR count). The molecule has 0 saturated carbocycles.